The lowest BCUT2D eigenvalue weighted by Crippen LogP contribution is -2.10. The molecule has 0 aliphatic carbocycles. The van der Waals surface area contributed by atoms with Gasteiger partial charge in [0.15, 0.2) is 0 Å². The number of fused-ring (bicyclic) bond motifs is 2. The van der Waals surface area contributed by atoms with Gasteiger partial charge < -0.3 is 10.7 Å². The minimum absolute atomic E-state index is 0.0208. The highest BCUT2D eigenvalue weighted by Gasteiger charge is 2.15. The van der Waals surface area contributed by atoms with Gasteiger partial charge in [0.1, 0.15) is 0 Å². The molecule has 0 saturated carbocycles. The third-order valence-corrected chi connectivity index (χ3v) is 4.23. The van der Waals surface area contributed by atoms with E-state index >= 15 is 0 Å². The summed E-state index contributed by atoms with van der Waals surface area (Å²) in [4.78, 5) is 16.1. The van der Waals surface area contributed by atoms with Crippen LogP contribution < -0.4 is 5.73 Å². The molecule has 2 aromatic carbocycles. The van der Waals surface area contributed by atoms with Crippen molar-refractivity contribution in [3.8, 4) is 0 Å². The monoisotopic (exact) mass is 303 g/mol. The largest absolute Gasteiger partial charge is 0.361 e. The fourth-order valence-electron chi connectivity index (χ4n) is 3.10. The molecule has 0 spiro atoms. The Kier molecular flexibility index (Phi) is 3.24. The number of rotatable bonds is 3. The number of aromatic nitrogens is 2. The summed E-state index contributed by atoms with van der Waals surface area (Å²) in [6, 6.07) is 15.6. The number of benzene rings is 2. The van der Waals surface area contributed by atoms with E-state index < -0.39 is 0 Å². The van der Waals surface area contributed by atoms with Gasteiger partial charge >= 0.3 is 0 Å². The minimum Gasteiger partial charge on any atom is -0.361 e. The van der Waals surface area contributed by atoms with Crippen molar-refractivity contribution in [1.29, 1.82) is 0 Å². The Morgan fingerprint density at radius 2 is 2.00 bits per heavy atom. The van der Waals surface area contributed by atoms with Gasteiger partial charge in [-0.1, -0.05) is 18.2 Å². The summed E-state index contributed by atoms with van der Waals surface area (Å²) in [7, 11) is 0. The van der Waals surface area contributed by atoms with Gasteiger partial charge in [-0.2, -0.15) is 0 Å². The zero-order valence-electron chi connectivity index (χ0n) is 12.6. The minimum atomic E-state index is -0.0208. The highest BCUT2D eigenvalue weighted by molar-refractivity contribution is 6.04. The molecule has 2 heterocycles. The van der Waals surface area contributed by atoms with Crippen molar-refractivity contribution in [2.75, 3.05) is 6.54 Å². The van der Waals surface area contributed by atoms with Crippen LogP contribution in [0.5, 0.6) is 0 Å². The molecule has 23 heavy (non-hydrogen) atoms. The molecule has 4 nitrogen and oxygen atoms in total. The van der Waals surface area contributed by atoms with Crippen LogP contribution in [0.25, 0.3) is 21.8 Å². The average molecular weight is 303 g/mol. The van der Waals surface area contributed by atoms with Crippen molar-refractivity contribution >= 4 is 27.7 Å². The first-order valence-electron chi connectivity index (χ1n) is 7.69. The molecule has 114 valence electrons. The summed E-state index contributed by atoms with van der Waals surface area (Å²) in [5.41, 5.74) is 9.45. The molecular formula is C19H17N3O. The molecule has 0 aliphatic heterocycles. The molecule has 0 saturated heterocycles. The number of carbonyl (C=O) groups is 1. The lowest BCUT2D eigenvalue weighted by molar-refractivity contribution is 0.0965. The van der Waals surface area contributed by atoms with Crippen LogP contribution in [-0.2, 0) is 6.42 Å². The molecule has 4 rings (SSSR count). The normalized spacial score (nSPS) is 11.3. The Labute approximate surface area is 133 Å². The van der Waals surface area contributed by atoms with Crippen LogP contribution in [0.4, 0.5) is 0 Å². The Morgan fingerprint density at radius 1 is 1.13 bits per heavy atom. The van der Waals surface area contributed by atoms with Crippen LogP contribution in [-0.4, -0.2) is 22.0 Å². The fraction of sp³-hybridized carbons (Fsp3) is 0.105. The Balaban J connectivity index is 1.85. The maximum atomic E-state index is 13.0. The molecule has 2 aromatic heterocycles. The van der Waals surface area contributed by atoms with Crippen LogP contribution in [0.15, 0.2) is 60.9 Å². The van der Waals surface area contributed by atoms with Gasteiger partial charge in [-0.25, -0.2) is 0 Å². The number of nitrogens with two attached hydrogens (primary N) is 1. The first kappa shape index (κ1) is 13.8. The molecule has 0 unspecified atom stereocenters. The number of para-hydroxylation sites is 1. The van der Waals surface area contributed by atoms with Gasteiger partial charge in [-0.15, -0.1) is 0 Å². The average Bonchev–Trinajstić information content (AvgIpc) is 3.19. The molecule has 0 aliphatic rings. The van der Waals surface area contributed by atoms with E-state index in [4.69, 9.17) is 5.73 Å². The maximum absolute atomic E-state index is 13.0. The second kappa shape index (κ2) is 5.41. The van der Waals surface area contributed by atoms with Crippen molar-refractivity contribution in [2.24, 2.45) is 5.73 Å². The molecule has 4 aromatic rings. The molecule has 0 atom stereocenters. The van der Waals surface area contributed by atoms with Crippen molar-refractivity contribution < 1.29 is 4.79 Å². The summed E-state index contributed by atoms with van der Waals surface area (Å²) >= 11 is 0. The van der Waals surface area contributed by atoms with E-state index in [1.54, 1.807) is 4.57 Å². The van der Waals surface area contributed by atoms with Crippen LogP contribution in [0.2, 0.25) is 0 Å². The second-order valence-electron chi connectivity index (χ2n) is 5.67. The summed E-state index contributed by atoms with van der Waals surface area (Å²) in [6.45, 7) is 0.567. The number of nitrogens with one attached hydrogen (secondary N) is 1. The molecule has 0 fully saturated rings. The van der Waals surface area contributed by atoms with E-state index in [1.165, 1.54) is 0 Å². The smallest absolute Gasteiger partial charge is 0.262 e. The lowest BCUT2D eigenvalue weighted by atomic mass is 10.1. The third-order valence-electron chi connectivity index (χ3n) is 4.23. The molecule has 0 bridgehead atoms. The number of aromatic amines is 1. The van der Waals surface area contributed by atoms with Crippen LogP contribution >= 0.6 is 0 Å². The highest BCUT2D eigenvalue weighted by atomic mass is 16.2. The van der Waals surface area contributed by atoms with Crippen LogP contribution in [0, 0.1) is 0 Å². The summed E-state index contributed by atoms with van der Waals surface area (Å²) < 4.78 is 1.73. The van der Waals surface area contributed by atoms with Gasteiger partial charge in [-0.3, -0.25) is 9.36 Å². The Bertz CT molecular complexity index is 1010. The Morgan fingerprint density at radius 3 is 2.87 bits per heavy atom. The van der Waals surface area contributed by atoms with Crippen LogP contribution in [0.1, 0.15) is 15.9 Å². The molecule has 4 heteroatoms. The maximum Gasteiger partial charge on any atom is 0.262 e. The fourth-order valence-corrected chi connectivity index (χ4v) is 3.10. The van der Waals surface area contributed by atoms with E-state index in [9.17, 15) is 4.79 Å². The summed E-state index contributed by atoms with van der Waals surface area (Å²) in [6.07, 6.45) is 4.56. The molecule has 0 radical (unpaired) electrons. The second-order valence-corrected chi connectivity index (χ2v) is 5.67. The van der Waals surface area contributed by atoms with Gasteiger partial charge in [0.05, 0.1) is 5.52 Å². The zero-order valence-corrected chi connectivity index (χ0v) is 12.6. The van der Waals surface area contributed by atoms with Gasteiger partial charge in [-0.05, 0) is 48.9 Å². The van der Waals surface area contributed by atoms with E-state index in [0.717, 1.165) is 33.8 Å². The lowest BCUT2D eigenvalue weighted by Gasteiger charge is -2.04. The highest BCUT2D eigenvalue weighted by Crippen LogP contribution is 2.23. The predicted octanol–water partition coefficient (Wildman–Crippen LogP) is 3.31. The SMILES string of the molecule is NCCc1cn(C(=O)c2ccc3[nH]ccc3c2)c2ccccc12. The molecular weight excluding hydrogens is 286 g/mol. The summed E-state index contributed by atoms with van der Waals surface area (Å²) in [5, 5.41) is 2.13. The van der Waals surface area contributed by atoms with Crippen LogP contribution in [0.3, 0.4) is 0 Å². The predicted molar refractivity (Wildman–Crippen MR) is 92.7 cm³/mol. The topological polar surface area (TPSA) is 63.8 Å². The first-order valence-corrected chi connectivity index (χ1v) is 7.69. The number of hydrogen-bond donors (Lipinski definition) is 2. The third kappa shape index (κ3) is 2.24. The summed E-state index contributed by atoms with van der Waals surface area (Å²) in [5.74, 6) is -0.0208. The van der Waals surface area contributed by atoms with E-state index in [0.29, 0.717) is 12.1 Å². The van der Waals surface area contributed by atoms with Crippen molar-refractivity contribution in [3.63, 3.8) is 0 Å². The Hall–Kier alpha value is -2.85. The van der Waals surface area contributed by atoms with Gasteiger partial charge in [0.25, 0.3) is 5.91 Å². The van der Waals surface area contributed by atoms with E-state index in [2.05, 4.69) is 4.98 Å². The van der Waals surface area contributed by atoms with Crippen molar-refractivity contribution in [2.45, 2.75) is 6.42 Å². The van der Waals surface area contributed by atoms with Crippen molar-refractivity contribution in [3.05, 3.63) is 72.1 Å². The standard InChI is InChI=1S/C19H17N3O/c20-9-7-15-12-22(18-4-2-1-3-16(15)18)19(23)14-5-6-17-13(11-14)8-10-21-17/h1-6,8,10-12,21H,7,9,20H2. The number of nitrogens with zero attached hydrogens (tertiary/aromatic N) is 1. The quantitative estimate of drug-likeness (QED) is 0.610. The molecule has 3 N–H and O–H groups in total. The number of H-pyrrole nitrogens is 1. The zero-order chi connectivity index (χ0) is 15.8. The van der Waals surface area contributed by atoms with E-state index in [1.807, 2.05) is 60.9 Å². The molecule has 0 amide bonds. The van der Waals surface area contributed by atoms with Gasteiger partial charge in [0.2, 0.25) is 0 Å². The number of carbonyl (C=O) groups excluding carboxylic acids is 1. The van der Waals surface area contributed by atoms with E-state index in [-0.39, 0.29) is 5.91 Å². The first-order chi connectivity index (χ1) is 11.3. The van der Waals surface area contributed by atoms with Gasteiger partial charge in [0, 0.05) is 34.2 Å². The van der Waals surface area contributed by atoms with Crippen molar-refractivity contribution in [1.82, 2.24) is 9.55 Å². The number of hydrogen-bond acceptors (Lipinski definition) is 2.